The molecule has 25 heavy (non-hydrogen) atoms. The van der Waals surface area contributed by atoms with Gasteiger partial charge in [-0.2, -0.15) is 0 Å². The van der Waals surface area contributed by atoms with E-state index in [2.05, 4.69) is 5.32 Å². The van der Waals surface area contributed by atoms with Gasteiger partial charge in [0.15, 0.2) is 23.9 Å². The number of anilines is 1. The van der Waals surface area contributed by atoms with Crippen LogP contribution in [0.3, 0.4) is 0 Å². The molecule has 8 nitrogen and oxygen atoms in total. The van der Waals surface area contributed by atoms with Crippen LogP contribution in [0.1, 0.15) is 17.3 Å². The van der Waals surface area contributed by atoms with Crippen molar-refractivity contribution in [3.05, 3.63) is 58.1 Å². The first-order chi connectivity index (χ1) is 11.9. The summed E-state index contributed by atoms with van der Waals surface area (Å²) < 4.78 is 10.4. The molecule has 0 heterocycles. The quantitative estimate of drug-likeness (QED) is 0.470. The monoisotopic (exact) mass is 344 g/mol. The van der Waals surface area contributed by atoms with Gasteiger partial charge in [0.1, 0.15) is 0 Å². The van der Waals surface area contributed by atoms with Gasteiger partial charge in [0.05, 0.1) is 18.1 Å². The Bertz CT molecular complexity index is 819. The maximum absolute atomic E-state index is 12.0. The second kappa shape index (κ2) is 7.91. The van der Waals surface area contributed by atoms with E-state index in [4.69, 9.17) is 9.47 Å². The van der Waals surface area contributed by atoms with E-state index in [9.17, 15) is 19.7 Å². The summed E-state index contributed by atoms with van der Waals surface area (Å²) in [5.41, 5.74) is 0.747. The molecule has 0 aliphatic heterocycles. The number of hydrogen-bond acceptors (Lipinski definition) is 6. The van der Waals surface area contributed by atoms with Gasteiger partial charge in [-0.25, -0.2) is 0 Å². The molecule has 0 atom stereocenters. The van der Waals surface area contributed by atoms with Gasteiger partial charge in [0, 0.05) is 17.3 Å². The molecule has 0 aliphatic rings. The van der Waals surface area contributed by atoms with Crippen LogP contribution in [0.2, 0.25) is 0 Å². The Morgan fingerprint density at radius 3 is 2.56 bits per heavy atom. The summed E-state index contributed by atoms with van der Waals surface area (Å²) in [4.78, 5) is 33.6. The Morgan fingerprint density at radius 2 is 1.92 bits per heavy atom. The Kier molecular flexibility index (Phi) is 5.67. The van der Waals surface area contributed by atoms with Crippen molar-refractivity contribution < 1.29 is 24.0 Å². The number of carbonyl (C=O) groups is 2. The molecule has 0 unspecified atom stereocenters. The Morgan fingerprint density at radius 1 is 1.16 bits per heavy atom. The summed E-state index contributed by atoms with van der Waals surface area (Å²) in [5.74, 6) is -0.232. The van der Waals surface area contributed by atoms with Crippen LogP contribution in [0.15, 0.2) is 42.5 Å². The molecule has 1 N–H and O–H groups in total. The fraction of sp³-hybridized carbons (Fsp3) is 0.176. The van der Waals surface area contributed by atoms with Crippen molar-refractivity contribution in [2.45, 2.75) is 6.92 Å². The summed E-state index contributed by atoms with van der Waals surface area (Å²) in [6.45, 7) is 1.06. The topological polar surface area (TPSA) is 108 Å². The number of methoxy groups -OCH3 is 1. The normalized spacial score (nSPS) is 10.0. The summed E-state index contributed by atoms with van der Waals surface area (Å²) >= 11 is 0. The van der Waals surface area contributed by atoms with Gasteiger partial charge in [-0.05, 0) is 25.1 Å². The van der Waals surface area contributed by atoms with Crippen LogP contribution in [-0.2, 0) is 4.79 Å². The van der Waals surface area contributed by atoms with Crippen LogP contribution < -0.4 is 14.8 Å². The number of Topliss-reactive ketones (excluding diaryl/α,β-unsaturated/α-hetero) is 1. The number of carbonyl (C=O) groups excluding carboxylic acids is 2. The summed E-state index contributed by atoms with van der Waals surface area (Å²) in [6.07, 6.45) is 0. The predicted molar refractivity (Wildman–Crippen MR) is 90.2 cm³/mol. The number of rotatable bonds is 7. The minimum Gasteiger partial charge on any atom is -0.493 e. The third-order valence-electron chi connectivity index (χ3n) is 3.27. The lowest BCUT2D eigenvalue weighted by molar-refractivity contribution is -0.385. The number of ether oxygens (including phenoxy) is 2. The van der Waals surface area contributed by atoms with E-state index in [1.165, 1.54) is 32.2 Å². The number of nitro groups is 1. The Balaban J connectivity index is 2.05. The maximum atomic E-state index is 12.0. The van der Waals surface area contributed by atoms with E-state index in [1.807, 2.05) is 0 Å². The van der Waals surface area contributed by atoms with Crippen molar-refractivity contribution >= 4 is 23.1 Å². The number of nitrogens with zero attached hydrogens (tertiary/aromatic N) is 1. The third-order valence-corrected chi connectivity index (χ3v) is 3.27. The predicted octanol–water partition coefficient (Wildman–Crippen LogP) is 2.82. The molecule has 1 amide bonds. The molecule has 2 rings (SSSR count). The molecule has 0 spiro atoms. The average Bonchev–Trinajstić information content (AvgIpc) is 2.59. The largest absolute Gasteiger partial charge is 0.493 e. The molecule has 8 heteroatoms. The second-order valence-corrected chi connectivity index (χ2v) is 5.07. The smallest absolute Gasteiger partial charge is 0.273 e. The molecule has 2 aromatic carbocycles. The molecule has 130 valence electrons. The Hall–Kier alpha value is -3.42. The van der Waals surface area contributed by atoms with Crippen molar-refractivity contribution in [1.29, 1.82) is 0 Å². The van der Waals surface area contributed by atoms with Gasteiger partial charge in [-0.1, -0.05) is 12.1 Å². The van der Waals surface area contributed by atoms with Gasteiger partial charge in [0.25, 0.3) is 11.6 Å². The van der Waals surface area contributed by atoms with Crippen LogP contribution in [0.25, 0.3) is 0 Å². The highest BCUT2D eigenvalue weighted by Gasteiger charge is 2.14. The van der Waals surface area contributed by atoms with E-state index >= 15 is 0 Å². The van der Waals surface area contributed by atoms with Gasteiger partial charge in [-0.15, -0.1) is 0 Å². The molecule has 0 fully saturated rings. The van der Waals surface area contributed by atoms with Crippen LogP contribution in [0.5, 0.6) is 11.5 Å². The summed E-state index contributed by atoms with van der Waals surface area (Å²) in [5, 5.41) is 13.4. The standard InChI is InChI=1S/C17H16N2O6/c1-11(20)12-4-3-5-13(8-12)18-17(21)10-25-16-9-14(19(22)23)6-7-15(16)24-2/h3-9H,10H2,1-2H3,(H,18,21). The van der Waals surface area contributed by atoms with E-state index < -0.39 is 10.8 Å². The first-order valence-electron chi connectivity index (χ1n) is 7.27. The van der Waals surface area contributed by atoms with Gasteiger partial charge >= 0.3 is 0 Å². The van der Waals surface area contributed by atoms with Gasteiger partial charge in [-0.3, -0.25) is 19.7 Å². The number of non-ortho nitro benzene ring substituents is 1. The number of hydrogen-bond donors (Lipinski definition) is 1. The lowest BCUT2D eigenvalue weighted by Gasteiger charge is -2.11. The molecule has 0 radical (unpaired) electrons. The summed E-state index contributed by atoms with van der Waals surface area (Å²) in [7, 11) is 1.39. The Labute approximate surface area is 143 Å². The average molecular weight is 344 g/mol. The zero-order valence-electron chi connectivity index (χ0n) is 13.6. The van der Waals surface area contributed by atoms with Crippen molar-refractivity contribution in [3.63, 3.8) is 0 Å². The van der Waals surface area contributed by atoms with Crippen molar-refractivity contribution in [3.8, 4) is 11.5 Å². The molecule has 0 aromatic heterocycles. The zero-order valence-corrected chi connectivity index (χ0v) is 13.6. The van der Waals surface area contributed by atoms with E-state index in [0.29, 0.717) is 11.3 Å². The highest BCUT2D eigenvalue weighted by molar-refractivity contribution is 5.97. The zero-order chi connectivity index (χ0) is 18.4. The molecular formula is C17H16N2O6. The van der Waals surface area contributed by atoms with Crippen molar-refractivity contribution in [2.24, 2.45) is 0 Å². The van der Waals surface area contributed by atoms with Crippen LogP contribution in [0, 0.1) is 10.1 Å². The molecule has 0 aliphatic carbocycles. The first-order valence-corrected chi connectivity index (χ1v) is 7.27. The number of amides is 1. The highest BCUT2D eigenvalue weighted by atomic mass is 16.6. The lowest BCUT2D eigenvalue weighted by Crippen LogP contribution is -2.20. The van der Waals surface area contributed by atoms with E-state index in [0.717, 1.165) is 0 Å². The minimum atomic E-state index is -0.570. The second-order valence-electron chi connectivity index (χ2n) is 5.07. The van der Waals surface area contributed by atoms with E-state index in [1.54, 1.807) is 24.3 Å². The van der Waals surface area contributed by atoms with Crippen molar-refractivity contribution in [2.75, 3.05) is 19.0 Å². The molecule has 0 saturated heterocycles. The van der Waals surface area contributed by atoms with Gasteiger partial charge < -0.3 is 14.8 Å². The number of ketones is 1. The molecular weight excluding hydrogens is 328 g/mol. The summed E-state index contributed by atoms with van der Waals surface area (Å²) in [6, 6.07) is 10.3. The molecule has 0 saturated carbocycles. The number of nitrogens with one attached hydrogen (secondary N) is 1. The minimum absolute atomic E-state index is 0.0873. The van der Waals surface area contributed by atoms with Crippen LogP contribution in [-0.4, -0.2) is 30.3 Å². The highest BCUT2D eigenvalue weighted by Crippen LogP contribution is 2.31. The fourth-order valence-electron chi connectivity index (χ4n) is 2.05. The third kappa shape index (κ3) is 4.77. The SMILES string of the molecule is COc1ccc([N+](=O)[O-])cc1OCC(=O)Nc1cccc(C(C)=O)c1. The van der Waals surface area contributed by atoms with Gasteiger partial charge in [0.2, 0.25) is 0 Å². The molecule has 2 aromatic rings. The number of benzene rings is 2. The molecule has 0 bridgehead atoms. The fourth-order valence-corrected chi connectivity index (χ4v) is 2.05. The lowest BCUT2D eigenvalue weighted by atomic mass is 10.1. The van der Waals surface area contributed by atoms with Crippen LogP contribution >= 0.6 is 0 Å². The van der Waals surface area contributed by atoms with Crippen molar-refractivity contribution in [1.82, 2.24) is 0 Å². The number of nitro benzene ring substituents is 1. The van der Waals surface area contributed by atoms with Crippen LogP contribution in [0.4, 0.5) is 11.4 Å². The van der Waals surface area contributed by atoms with E-state index in [-0.39, 0.29) is 29.6 Å². The first kappa shape index (κ1) is 17.9. The maximum Gasteiger partial charge on any atom is 0.273 e.